The standard InChI is InChI=1S/C10H16N2OS/c1-7-5-10(12-6-9(7)11)14-8(2)3-4-13/h5-6,8,13H,3-4,11H2,1-2H3. The predicted octanol–water partition coefficient (Wildman–Crippen LogP) is 1.84. The van der Waals surface area contributed by atoms with Crippen molar-refractivity contribution in [3.63, 3.8) is 0 Å². The summed E-state index contributed by atoms with van der Waals surface area (Å²) in [4.78, 5) is 4.22. The number of rotatable bonds is 4. The van der Waals surface area contributed by atoms with Gasteiger partial charge >= 0.3 is 0 Å². The van der Waals surface area contributed by atoms with Crippen LogP contribution in [0.3, 0.4) is 0 Å². The Balaban J connectivity index is 2.63. The number of aryl methyl sites for hydroxylation is 1. The largest absolute Gasteiger partial charge is 0.397 e. The molecule has 0 spiro atoms. The van der Waals surface area contributed by atoms with Crippen molar-refractivity contribution in [3.05, 3.63) is 17.8 Å². The molecule has 0 aliphatic heterocycles. The average Bonchev–Trinajstić information content (AvgIpc) is 2.12. The molecule has 0 saturated heterocycles. The van der Waals surface area contributed by atoms with Crippen LogP contribution in [0.15, 0.2) is 17.3 Å². The maximum atomic E-state index is 8.76. The lowest BCUT2D eigenvalue weighted by molar-refractivity contribution is 0.289. The van der Waals surface area contributed by atoms with Gasteiger partial charge in [0, 0.05) is 11.9 Å². The van der Waals surface area contributed by atoms with Crippen LogP contribution in [0.25, 0.3) is 0 Å². The van der Waals surface area contributed by atoms with E-state index < -0.39 is 0 Å². The zero-order valence-corrected chi connectivity index (χ0v) is 9.34. The van der Waals surface area contributed by atoms with E-state index in [0.29, 0.717) is 5.25 Å². The fraction of sp³-hybridized carbons (Fsp3) is 0.500. The van der Waals surface area contributed by atoms with Crippen LogP contribution in [-0.2, 0) is 0 Å². The SMILES string of the molecule is Cc1cc(SC(C)CCO)ncc1N. The predicted molar refractivity (Wildman–Crippen MR) is 60.4 cm³/mol. The number of aliphatic hydroxyl groups is 1. The Morgan fingerprint density at radius 1 is 1.64 bits per heavy atom. The number of aromatic nitrogens is 1. The van der Waals surface area contributed by atoms with Crippen LogP contribution in [0.5, 0.6) is 0 Å². The number of nitrogens with two attached hydrogens (primary N) is 1. The topological polar surface area (TPSA) is 59.1 Å². The first kappa shape index (κ1) is 11.3. The van der Waals surface area contributed by atoms with E-state index in [4.69, 9.17) is 10.8 Å². The van der Waals surface area contributed by atoms with Gasteiger partial charge in [0.1, 0.15) is 0 Å². The summed E-state index contributed by atoms with van der Waals surface area (Å²) < 4.78 is 0. The summed E-state index contributed by atoms with van der Waals surface area (Å²) in [5.74, 6) is 0. The Bertz CT molecular complexity index is 304. The lowest BCUT2D eigenvalue weighted by Gasteiger charge is -2.09. The molecule has 0 bridgehead atoms. The van der Waals surface area contributed by atoms with Crippen LogP contribution < -0.4 is 5.73 Å². The molecule has 1 heterocycles. The van der Waals surface area contributed by atoms with Crippen molar-refractivity contribution in [2.75, 3.05) is 12.3 Å². The lowest BCUT2D eigenvalue weighted by Crippen LogP contribution is -2.00. The molecule has 4 heteroatoms. The van der Waals surface area contributed by atoms with E-state index in [9.17, 15) is 0 Å². The van der Waals surface area contributed by atoms with E-state index in [0.717, 1.165) is 22.7 Å². The van der Waals surface area contributed by atoms with Crippen LogP contribution >= 0.6 is 11.8 Å². The van der Waals surface area contributed by atoms with Gasteiger partial charge in [-0.1, -0.05) is 6.92 Å². The van der Waals surface area contributed by atoms with Gasteiger partial charge in [-0.25, -0.2) is 4.98 Å². The Morgan fingerprint density at radius 2 is 2.36 bits per heavy atom. The fourth-order valence-corrected chi connectivity index (χ4v) is 2.05. The molecular weight excluding hydrogens is 196 g/mol. The summed E-state index contributed by atoms with van der Waals surface area (Å²) in [6.07, 6.45) is 2.47. The lowest BCUT2D eigenvalue weighted by atomic mass is 10.3. The number of aliphatic hydroxyl groups excluding tert-OH is 1. The smallest absolute Gasteiger partial charge is 0.0966 e. The van der Waals surface area contributed by atoms with Crippen molar-refractivity contribution < 1.29 is 5.11 Å². The molecule has 1 aromatic rings. The zero-order valence-electron chi connectivity index (χ0n) is 8.53. The molecule has 1 atom stereocenters. The Hall–Kier alpha value is -0.740. The van der Waals surface area contributed by atoms with Gasteiger partial charge in [0.25, 0.3) is 0 Å². The van der Waals surface area contributed by atoms with Crippen LogP contribution in [0.1, 0.15) is 18.9 Å². The monoisotopic (exact) mass is 212 g/mol. The van der Waals surface area contributed by atoms with E-state index in [1.807, 2.05) is 13.0 Å². The Labute approximate surface area is 88.7 Å². The van der Waals surface area contributed by atoms with Gasteiger partial charge in [-0.05, 0) is 25.0 Å². The number of nitrogen functional groups attached to an aromatic ring is 1. The highest BCUT2D eigenvalue weighted by Crippen LogP contribution is 2.24. The number of pyridine rings is 1. The van der Waals surface area contributed by atoms with E-state index in [1.165, 1.54) is 0 Å². The van der Waals surface area contributed by atoms with Gasteiger partial charge in [-0.2, -0.15) is 0 Å². The molecule has 0 aliphatic rings. The highest BCUT2D eigenvalue weighted by molar-refractivity contribution is 7.99. The van der Waals surface area contributed by atoms with Crippen molar-refractivity contribution in [3.8, 4) is 0 Å². The molecule has 3 nitrogen and oxygen atoms in total. The third-order valence-electron chi connectivity index (χ3n) is 1.98. The van der Waals surface area contributed by atoms with E-state index >= 15 is 0 Å². The molecule has 1 unspecified atom stereocenters. The highest BCUT2D eigenvalue weighted by Gasteiger charge is 2.05. The summed E-state index contributed by atoms with van der Waals surface area (Å²) in [5.41, 5.74) is 7.45. The third-order valence-corrected chi connectivity index (χ3v) is 3.09. The number of nitrogens with zero attached hydrogens (tertiary/aromatic N) is 1. The summed E-state index contributed by atoms with van der Waals surface area (Å²) in [7, 11) is 0. The van der Waals surface area contributed by atoms with Gasteiger partial charge in [-0.15, -0.1) is 11.8 Å². The summed E-state index contributed by atoms with van der Waals surface area (Å²) in [5, 5.41) is 10.1. The first-order chi connectivity index (χ1) is 6.63. The molecule has 78 valence electrons. The minimum atomic E-state index is 0.224. The molecule has 14 heavy (non-hydrogen) atoms. The molecule has 0 radical (unpaired) electrons. The molecule has 1 rings (SSSR count). The molecular formula is C10H16N2OS. The van der Waals surface area contributed by atoms with Gasteiger partial charge in [0.05, 0.1) is 16.9 Å². The zero-order chi connectivity index (χ0) is 10.6. The van der Waals surface area contributed by atoms with Crippen molar-refractivity contribution in [2.24, 2.45) is 0 Å². The molecule has 0 saturated carbocycles. The van der Waals surface area contributed by atoms with Crippen LogP contribution in [-0.4, -0.2) is 21.9 Å². The van der Waals surface area contributed by atoms with Crippen molar-refractivity contribution in [1.29, 1.82) is 0 Å². The summed E-state index contributed by atoms with van der Waals surface area (Å²) >= 11 is 1.66. The van der Waals surface area contributed by atoms with Gasteiger partial charge in [0.2, 0.25) is 0 Å². The molecule has 1 aromatic heterocycles. The maximum absolute atomic E-state index is 8.76. The van der Waals surface area contributed by atoms with Gasteiger partial charge < -0.3 is 10.8 Å². The van der Waals surface area contributed by atoms with E-state index in [1.54, 1.807) is 18.0 Å². The Morgan fingerprint density at radius 3 is 2.93 bits per heavy atom. The van der Waals surface area contributed by atoms with E-state index in [2.05, 4.69) is 11.9 Å². The van der Waals surface area contributed by atoms with E-state index in [-0.39, 0.29) is 6.61 Å². The molecule has 0 aromatic carbocycles. The van der Waals surface area contributed by atoms with Crippen molar-refractivity contribution >= 4 is 17.4 Å². The second-order valence-electron chi connectivity index (χ2n) is 3.32. The average molecular weight is 212 g/mol. The normalized spacial score (nSPS) is 12.8. The number of hydrogen-bond acceptors (Lipinski definition) is 4. The quantitative estimate of drug-likeness (QED) is 0.748. The first-order valence-corrected chi connectivity index (χ1v) is 5.51. The van der Waals surface area contributed by atoms with Crippen molar-refractivity contribution in [2.45, 2.75) is 30.5 Å². The number of thioether (sulfide) groups is 1. The molecule has 0 amide bonds. The maximum Gasteiger partial charge on any atom is 0.0966 e. The second-order valence-corrected chi connectivity index (χ2v) is 4.78. The van der Waals surface area contributed by atoms with Crippen molar-refractivity contribution in [1.82, 2.24) is 4.98 Å². The fourth-order valence-electron chi connectivity index (χ4n) is 1.05. The van der Waals surface area contributed by atoms with Crippen LogP contribution in [0.2, 0.25) is 0 Å². The minimum absolute atomic E-state index is 0.224. The molecule has 0 fully saturated rings. The number of anilines is 1. The van der Waals surface area contributed by atoms with Crippen LogP contribution in [0.4, 0.5) is 5.69 Å². The summed E-state index contributed by atoms with van der Waals surface area (Å²) in [6.45, 7) is 4.27. The Kier molecular flexibility index (Phi) is 4.22. The highest BCUT2D eigenvalue weighted by atomic mass is 32.2. The number of hydrogen-bond donors (Lipinski definition) is 2. The molecule has 3 N–H and O–H groups in total. The van der Waals surface area contributed by atoms with Crippen LogP contribution in [0, 0.1) is 6.92 Å². The minimum Gasteiger partial charge on any atom is -0.397 e. The first-order valence-electron chi connectivity index (χ1n) is 4.63. The van der Waals surface area contributed by atoms with Gasteiger partial charge in [-0.3, -0.25) is 0 Å². The summed E-state index contributed by atoms with van der Waals surface area (Å²) in [6, 6.07) is 1.98. The third kappa shape index (κ3) is 3.20. The van der Waals surface area contributed by atoms with Gasteiger partial charge in [0.15, 0.2) is 0 Å². The second kappa shape index (κ2) is 5.22. The molecule has 0 aliphatic carbocycles.